The molecule has 1 heterocycles. The molecule has 124 valence electrons. The van der Waals surface area contributed by atoms with Crippen LogP contribution in [0.15, 0.2) is 46.9 Å². The highest BCUT2D eigenvalue weighted by Gasteiger charge is 2.35. The van der Waals surface area contributed by atoms with E-state index in [2.05, 4.69) is 21.2 Å². The van der Waals surface area contributed by atoms with Crippen molar-refractivity contribution >= 4 is 50.7 Å². The van der Waals surface area contributed by atoms with Gasteiger partial charge in [0, 0.05) is 28.1 Å². The number of halogens is 3. The maximum Gasteiger partial charge on any atom is 0.229 e. The number of nitrogens with one attached hydrogen (secondary N) is 1. The molecule has 2 amide bonds. The zero-order valence-electron chi connectivity index (χ0n) is 12.4. The van der Waals surface area contributed by atoms with E-state index in [-0.39, 0.29) is 24.6 Å². The summed E-state index contributed by atoms with van der Waals surface area (Å²) in [4.78, 5) is 26.1. The van der Waals surface area contributed by atoms with Gasteiger partial charge in [0.25, 0.3) is 0 Å². The number of amides is 2. The molecule has 4 nitrogen and oxygen atoms in total. The first-order valence-corrected chi connectivity index (χ1v) is 8.43. The minimum absolute atomic E-state index is 0.0158. The molecular weight excluding hydrogens is 399 g/mol. The van der Waals surface area contributed by atoms with Crippen LogP contribution < -0.4 is 10.2 Å². The van der Waals surface area contributed by atoms with Crippen LogP contribution in [0.3, 0.4) is 0 Å². The monoisotopic (exact) mass is 410 g/mol. The SMILES string of the molecule is O=C(Nc1cc(Cl)ccc1F)C1CC(=O)N(c2ccc(Br)cc2)C1. The molecule has 1 aliphatic heterocycles. The van der Waals surface area contributed by atoms with Crippen molar-refractivity contribution in [1.82, 2.24) is 0 Å². The summed E-state index contributed by atoms with van der Waals surface area (Å²) in [6, 6.07) is 11.2. The highest BCUT2D eigenvalue weighted by Crippen LogP contribution is 2.28. The van der Waals surface area contributed by atoms with Crippen LogP contribution in [0.2, 0.25) is 5.02 Å². The summed E-state index contributed by atoms with van der Waals surface area (Å²) in [5.41, 5.74) is 0.745. The first-order valence-electron chi connectivity index (χ1n) is 7.26. The number of hydrogen-bond acceptors (Lipinski definition) is 2. The molecule has 2 aromatic carbocycles. The summed E-state index contributed by atoms with van der Waals surface area (Å²) in [6.07, 6.45) is 0.0874. The lowest BCUT2D eigenvalue weighted by Crippen LogP contribution is -2.28. The highest BCUT2D eigenvalue weighted by atomic mass is 79.9. The Morgan fingerprint density at radius 3 is 2.67 bits per heavy atom. The molecule has 0 spiro atoms. The lowest BCUT2D eigenvalue weighted by molar-refractivity contribution is -0.122. The normalized spacial score (nSPS) is 17.2. The van der Waals surface area contributed by atoms with Gasteiger partial charge in [-0.3, -0.25) is 9.59 Å². The van der Waals surface area contributed by atoms with Crippen LogP contribution >= 0.6 is 27.5 Å². The van der Waals surface area contributed by atoms with Gasteiger partial charge in [-0.05, 0) is 42.5 Å². The molecule has 7 heteroatoms. The number of carbonyl (C=O) groups is 2. The average Bonchev–Trinajstić information content (AvgIpc) is 2.94. The highest BCUT2D eigenvalue weighted by molar-refractivity contribution is 9.10. The van der Waals surface area contributed by atoms with Crippen molar-refractivity contribution in [3.63, 3.8) is 0 Å². The van der Waals surface area contributed by atoms with E-state index in [1.807, 2.05) is 12.1 Å². The zero-order valence-corrected chi connectivity index (χ0v) is 14.8. The van der Waals surface area contributed by atoms with Crippen LogP contribution in [0.5, 0.6) is 0 Å². The largest absolute Gasteiger partial charge is 0.323 e. The third-order valence-electron chi connectivity index (χ3n) is 3.82. The summed E-state index contributed by atoms with van der Waals surface area (Å²) in [5, 5.41) is 2.83. The van der Waals surface area contributed by atoms with Crippen LogP contribution in [0.1, 0.15) is 6.42 Å². The van der Waals surface area contributed by atoms with Gasteiger partial charge in [-0.1, -0.05) is 27.5 Å². The van der Waals surface area contributed by atoms with E-state index in [1.165, 1.54) is 18.2 Å². The molecule has 1 fully saturated rings. The summed E-state index contributed by atoms with van der Waals surface area (Å²) >= 11 is 9.15. The van der Waals surface area contributed by atoms with Gasteiger partial charge in [0.05, 0.1) is 11.6 Å². The van der Waals surface area contributed by atoms with E-state index >= 15 is 0 Å². The van der Waals surface area contributed by atoms with Gasteiger partial charge < -0.3 is 10.2 Å². The minimum atomic E-state index is -0.568. The second-order valence-electron chi connectivity index (χ2n) is 5.50. The first kappa shape index (κ1) is 16.9. The fraction of sp³-hybridized carbons (Fsp3) is 0.176. The van der Waals surface area contributed by atoms with Crippen molar-refractivity contribution in [3.05, 3.63) is 57.8 Å². The van der Waals surface area contributed by atoms with E-state index in [9.17, 15) is 14.0 Å². The van der Waals surface area contributed by atoms with E-state index in [0.717, 1.165) is 10.2 Å². The molecule has 0 bridgehead atoms. The van der Waals surface area contributed by atoms with Crippen LogP contribution in [-0.2, 0) is 9.59 Å². The second kappa shape index (κ2) is 6.91. The molecule has 2 aromatic rings. The van der Waals surface area contributed by atoms with Gasteiger partial charge in [0.15, 0.2) is 0 Å². The van der Waals surface area contributed by atoms with E-state index in [1.54, 1.807) is 17.0 Å². The lowest BCUT2D eigenvalue weighted by atomic mass is 10.1. The van der Waals surface area contributed by atoms with Gasteiger partial charge in [-0.15, -0.1) is 0 Å². The third-order valence-corrected chi connectivity index (χ3v) is 4.58. The molecule has 24 heavy (non-hydrogen) atoms. The second-order valence-corrected chi connectivity index (χ2v) is 6.85. The Morgan fingerprint density at radius 1 is 1.25 bits per heavy atom. The molecule has 1 unspecified atom stereocenters. The van der Waals surface area contributed by atoms with Crippen molar-refractivity contribution in [2.75, 3.05) is 16.8 Å². The van der Waals surface area contributed by atoms with Crippen molar-refractivity contribution in [1.29, 1.82) is 0 Å². The van der Waals surface area contributed by atoms with Crippen LogP contribution in [-0.4, -0.2) is 18.4 Å². The Labute approximate surface area is 151 Å². The Balaban J connectivity index is 1.72. The topological polar surface area (TPSA) is 49.4 Å². The Kier molecular flexibility index (Phi) is 4.87. The molecular formula is C17H13BrClFN2O2. The van der Waals surface area contributed by atoms with Gasteiger partial charge in [-0.2, -0.15) is 0 Å². The standard InChI is InChI=1S/C17H13BrClFN2O2/c18-11-1-4-13(5-2-11)22-9-10(7-16(22)23)17(24)21-15-8-12(19)3-6-14(15)20/h1-6,8,10H,7,9H2,(H,21,24). The van der Waals surface area contributed by atoms with Gasteiger partial charge in [-0.25, -0.2) is 4.39 Å². The molecule has 0 aromatic heterocycles. The molecule has 0 aliphatic carbocycles. The summed E-state index contributed by atoms with van der Waals surface area (Å²) in [6.45, 7) is 0.258. The molecule has 3 rings (SSSR count). The van der Waals surface area contributed by atoms with Gasteiger partial charge >= 0.3 is 0 Å². The average molecular weight is 412 g/mol. The number of nitrogens with zero attached hydrogens (tertiary/aromatic N) is 1. The molecule has 1 N–H and O–H groups in total. The van der Waals surface area contributed by atoms with Gasteiger partial charge in [0.1, 0.15) is 5.82 Å². The van der Waals surface area contributed by atoms with Crippen molar-refractivity contribution in [2.24, 2.45) is 5.92 Å². The Morgan fingerprint density at radius 2 is 1.96 bits per heavy atom. The lowest BCUT2D eigenvalue weighted by Gasteiger charge is -2.17. The predicted octanol–water partition coefficient (Wildman–Crippen LogP) is 4.23. The van der Waals surface area contributed by atoms with Crippen molar-refractivity contribution in [3.8, 4) is 0 Å². The number of benzene rings is 2. The van der Waals surface area contributed by atoms with Crippen molar-refractivity contribution in [2.45, 2.75) is 6.42 Å². The maximum atomic E-state index is 13.7. The predicted molar refractivity (Wildman–Crippen MR) is 94.6 cm³/mol. The quantitative estimate of drug-likeness (QED) is 0.821. The molecule has 1 saturated heterocycles. The van der Waals surface area contributed by atoms with Crippen molar-refractivity contribution < 1.29 is 14.0 Å². The van der Waals surface area contributed by atoms with E-state index < -0.39 is 17.6 Å². The van der Waals surface area contributed by atoms with Gasteiger partial charge in [0.2, 0.25) is 11.8 Å². The summed E-state index contributed by atoms with van der Waals surface area (Å²) < 4.78 is 14.6. The van der Waals surface area contributed by atoms with E-state index in [0.29, 0.717) is 5.02 Å². The zero-order chi connectivity index (χ0) is 17.3. The van der Waals surface area contributed by atoms with Crippen LogP contribution in [0, 0.1) is 11.7 Å². The third kappa shape index (κ3) is 3.60. The number of anilines is 2. The number of hydrogen-bond donors (Lipinski definition) is 1. The first-order chi connectivity index (χ1) is 11.4. The summed E-state index contributed by atoms with van der Waals surface area (Å²) in [7, 11) is 0. The molecule has 1 atom stereocenters. The maximum absolute atomic E-state index is 13.7. The molecule has 0 radical (unpaired) electrons. The number of rotatable bonds is 3. The Hall–Kier alpha value is -1.92. The minimum Gasteiger partial charge on any atom is -0.323 e. The summed E-state index contributed by atoms with van der Waals surface area (Å²) in [5.74, 6) is -1.64. The smallest absolute Gasteiger partial charge is 0.229 e. The number of carbonyl (C=O) groups excluding carboxylic acids is 2. The molecule has 1 aliphatic rings. The molecule has 0 saturated carbocycles. The fourth-order valence-electron chi connectivity index (χ4n) is 2.58. The van der Waals surface area contributed by atoms with E-state index in [4.69, 9.17) is 11.6 Å². The fourth-order valence-corrected chi connectivity index (χ4v) is 3.02. The Bertz CT molecular complexity index is 798. The van der Waals surface area contributed by atoms with Crippen LogP contribution in [0.4, 0.5) is 15.8 Å². The van der Waals surface area contributed by atoms with Crippen LogP contribution in [0.25, 0.3) is 0 Å².